The van der Waals surface area contributed by atoms with Crippen LogP contribution in [0.2, 0.25) is 0 Å². The summed E-state index contributed by atoms with van der Waals surface area (Å²) in [5.41, 5.74) is 7.87. The Hall–Kier alpha value is -1.86. The highest BCUT2D eigenvalue weighted by molar-refractivity contribution is 9.10. The fourth-order valence-electron chi connectivity index (χ4n) is 2.99. The average molecular weight is 391 g/mol. The van der Waals surface area contributed by atoms with Crippen LogP contribution in [-0.2, 0) is 0 Å². The van der Waals surface area contributed by atoms with Gasteiger partial charge in [0.1, 0.15) is 12.0 Å². The van der Waals surface area contributed by atoms with Crippen LogP contribution >= 0.6 is 15.9 Å². The van der Waals surface area contributed by atoms with Gasteiger partial charge in [-0.15, -0.1) is 0 Å². The van der Waals surface area contributed by atoms with Gasteiger partial charge in [0.25, 0.3) is 0 Å². The maximum Gasteiger partial charge on any atom is 0.159 e. The Labute approximate surface area is 151 Å². The number of nitrogens with one attached hydrogen (secondary N) is 1. The SMILES string of the molecule is CN1CCC(N(C)c2ncnc(Nc3ccc(Br)cc3)c2N)CC1. The molecule has 1 aliphatic heterocycles. The average Bonchev–Trinajstić information content (AvgIpc) is 2.59. The minimum Gasteiger partial charge on any atom is -0.393 e. The number of benzene rings is 1. The molecule has 0 radical (unpaired) electrons. The molecule has 24 heavy (non-hydrogen) atoms. The van der Waals surface area contributed by atoms with Gasteiger partial charge in [-0.1, -0.05) is 15.9 Å². The molecule has 0 aliphatic carbocycles. The first-order valence-electron chi connectivity index (χ1n) is 8.09. The highest BCUT2D eigenvalue weighted by Gasteiger charge is 2.23. The van der Waals surface area contributed by atoms with Crippen LogP contribution in [0.15, 0.2) is 35.1 Å². The van der Waals surface area contributed by atoms with E-state index >= 15 is 0 Å². The van der Waals surface area contributed by atoms with E-state index in [9.17, 15) is 0 Å². The number of likely N-dealkylation sites (tertiary alicyclic amines) is 1. The summed E-state index contributed by atoms with van der Waals surface area (Å²) in [5.74, 6) is 1.43. The van der Waals surface area contributed by atoms with Crippen molar-refractivity contribution in [2.24, 2.45) is 0 Å². The third kappa shape index (κ3) is 3.79. The van der Waals surface area contributed by atoms with Gasteiger partial charge >= 0.3 is 0 Å². The number of nitrogens with zero attached hydrogens (tertiary/aromatic N) is 4. The van der Waals surface area contributed by atoms with Crippen molar-refractivity contribution in [1.82, 2.24) is 14.9 Å². The number of hydrogen-bond acceptors (Lipinski definition) is 6. The lowest BCUT2D eigenvalue weighted by atomic mass is 10.0. The van der Waals surface area contributed by atoms with Gasteiger partial charge in [-0.05, 0) is 57.2 Å². The topological polar surface area (TPSA) is 70.3 Å². The molecule has 6 nitrogen and oxygen atoms in total. The maximum atomic E-state index is 6.35. The van der Waals surface area contributed by atoms with Crippen LogP contribution in [0.4, 0.5) is 23.0 Å². The summed E-state index contributed by atoms with van der Waals surface area (Å²) >= 11 is 3.44. The molecule has 7 heteroatoms. The first-order chi connectivity index (χ1) is 11.5. The molecule has 2 heterocycles. The van der Waals surface area contributed by atoms with Gasteiger partial charge in [-0.3, -0.25) is 0 Å². The van der Waals surface area contributed by atoms with Crippen molar-refractivity contribution in [3.8, 4) is 0 Å². The smallest absolute Gasteiger partial charge is 0.159 e. The summed E-state index contributed by atoms with van der Waals surface area (Å²) in [4.78, 5) is 13.3. The molecule has 0 bridgehead atoms. The molecule has 0 atom stereocenters. The lowest BCUT2D eigenvalue weighted by Crippen LogP contribution is -2.42. The lowest BCUT2D eigenvalue weighted by Gasteiger charge is -2.36. The fourth-order valence-corrected chi connectivity index (χ4v) is 3.26. The van der Waals surface area contributed by atoms with Crippen LogP contribution in [0.25, 0.3) is 0 Å². The molecule has 3 rings (SSSR count). The Morgan fingerprint density at radius 1 is 1.21 bits per heavy atom. The second-order valence-electron chi connectivity index (χ2n) is 6.24. The van der Waals surface area contributed by atoms with E-state index in [0.29, 0.717) is 17.5 Å². The second kappa shape index (κ2) is 7.36. The molecule has 1 aliphatic rings. The van der Waals surface area contributed by atoms with E-state index in [1.807, 2.05) is 24.3 Å². The van der Waals surface area contributed by atoms with Crippen molar-refractivity contribution in [1.29, 1.82) is 0 Å². The minimum absolute atomic E-state index is 0.457. The quantitative estimate of drug-likeness (QED) is 0.835. The van der Waals surface area contributed by atoms with E-state index in [-0.39, 0.29) is 0 Å². The van der Waals surface area contributed by atoms with E-state index in [1.165, 1.54) is 0 Å². The van der Waals surface area contributed by atoms with Crippen LogP contribution in [0.1, 0.15) is 12.8 Å². The maximum absolute atomic E-state index is 6.35. The molecule has 2 aromatic rings. The van der Waals surface area contributed by atoms with Crippen molar-refractivity contribution in [2.75, 3.05) is 43.1 Å². The van der Waals surface area contributed by atoms with Crippen LogP contribution in [-0.4, -0.2) is 48.1 Å². The Balaban J connectivity index is 1.78. The zero-order valence-corrected chi connectivity index (χ0v) is 15.6. The molecule has 0 saturated carbocycles. The molecular formula is C17H23BrN6. The number of halogens is 1. The monoisotopic (exact) mass is 390 g/mol. The van der Waals surface area contributed by atoms with Crippen LogP contribution in [0.5, 0.6) is 0 Å². The summed E-state index contributed by atoms with van der Waals surface area (Å²) in [6.45, 7) is 2.20. The Bertz CT molecular complexity index is 682. The van der Waals surface area contributed by atoms with Crippen LogP contribution in [0, 0.1) is 0 Å². The van der Waals surface area contributed by atoms with Crippen molar-refractivity contribution < 1.29 is 0 Å². The molecule has 1 aromatic carbocycles. The van der Waals surface area contributed by atoms with E-state index in [0.717, 1.165) is 41.9 Å². The molecule has 0 amide bonds. The van der Waals surface area contributed by atoms with Crippen molar-refractivity contribution in [2.45, 2.75) is 18.9 Å². The third-order valence-corrected chi connectivity index (χ3v) is 5.07. The third-order valence-electron chi connectivity index (χ3n) is 4.54. The molecule has 1 fully saturated rings. The van der Waals surface area contributed by atoms with Crippen molar-refractivity contribution in [3.05, 3.63) is 35.1 Å². The standard InChI is InChI=1S/C17H23BrN6/c1-23-9-7-14(8-10-23)24(2)17-15(19)16(20-11-21-17)22-13-5-3-12(18)4-6-13/h3-6,11,14H,7-10,19H2,1-2H3,(H,20,21,22). The van der Waals surface area contributed by atoms with Crippen molar-refractivity contribution >= 4 is 38.9 Å². The van der Waals surface area contributed by atoms with E-state index in [2.05, 4.69) is 55.1 Å². The predicted molar refractivity (Wildman–Crippen MR) is 103 cm³/mol. The normalized spacial score (nSPS) is 16.1. The number of hydrogen-bond donors (Lipinski definition) is 2. The lowest BCUT2D eigenvalue weighted by molar-refractivity contribution is 0.252. The van der Waals surface area contributed by atoms with Gasteiger partial charge in [0.05, 0.1) is 0 Å². The van der Waals surface area contributed by atoms with Crippen LogP contribution in [0.3, 0.4) is 0 Å². The minimum atomic E-state index is 0.457. The van der Waals surface area contributed by atoms with Crippen LogP contribution < -0.4 is 16.0 Å². The molecule has 0 spiro atoms. The largest absolute Gasteiger partial charge is 0.393 e. The van der Waals surface area contributed by atoms with Gasteiger partial charge < -0.3 is 20.9 Å². The first-order valence-corrected chi connectivity index (χ1v) is 8.88. The molecule has 1 aromatic heterocycles. The molecule has 0 unspecified atom stereocenters. The summed E-state index contributed by atoms with van der Waals surface area (Å²) in [6, 6.07) is 8.37. The highest BCUT2D eigenvalue weighted by Crippen LogP contribution is 2.30. The molecular weight excluding hydrogens is 368 g/mol. The summed E-state index contributed by atoms with van der Waals surface area (Å²) in [7, 11) is 4.23. The summed E-state index contributed by atoms with van der Waals surface area (Å²) in [5, 5.41) is 3.27. The first kappa shape index (κ1) is 17.0. The fraction of sp³-hybridized carbons (Fsp3) is 0.412. The zero-order chi connectivity index (χ0) is 17.1. The van der Waals surface area contributed by atoms with E-state index in [1.54, 1.807) is 6.33 Å². The second-order valence-corrected chi connectivity index (χ2v) is 7.15. The zero-order valence-electron chi connectivity index (χ0n) is 14.0. The van der Waals surface area contributed by atoms with Gasteiger partial charge in [0.2, 0.25) is 0 Å². The van der Waals surface area contributed by atoms with Gasteiger partial charge in [-0.2, -0.15) is 0 Å². The predicted octanol–water partition coefficient (Wildman–Crippen LogP) is 3.10. The van der Waals surface area contributed by atoms with Gasteiger partial charge in [0, 0.05) is 23.2 Å². The Morgan fingerprint density at radius 3 is 2.54 bits per heavy atom. The van der Waals surface area contributed by atoms with E-state index < -0.39 is 0 Å². The van der Waals surface area contributed by atoms with Gasteiger partial charge in [-0.25, -0.2) is 9.97 Å². The molecule has 3 N–H and O–H groups in total. The molecule has 128 valence electrons. The Morgan fingerprint density at radius 2 is 1.88 bits per heavy atom. The van der Waals surface area contributed by atoms with Crippen molar-refractivity contribution in [3.63, 3.8) is 0 Å². The number of nitrogen functional groups attached to an aromatic ring is 1. The number of nitrogens with two attached hydrogens (primary N) is 1. The number of aromatic nitrogens is 2. The number of rotatable bonds is 4. The summed E-state index contributed by atoms with van der Waals surface area (Å²) < 4.78 is 1.03. The van der Waals surface area contributed by atoms with E-state index in [4.69, 9.17) is 5.73 Å². The van der Waals surface area contributed by atoms with Gasteiger partial charge in [0.15, 0.2) is 11.6 Å². The highest BCUT2D eigenvalue weighted by atomic mass is 79.9. The summed E-state index contributed by atoms with van der Waals surface area (Å²) in [6.07, 6.45) is 3.80. The number of anilines is 4. The Kier molecular flexibility index (Phi) is 5.20. The number of piperidine rings is 1. The molecule has 1 saturated heterocycles.